The van der Waals surface area contributed by atoms with Crippen LogP contribution in [0.3, 0.4) is 0 Å². The van der Waals surface area contributed by atoms with Gasteiger partial charge in [-0.3, -0.25) is 19.2 Å². The summed E-state index contributed by atoms with van der Waals surface area (Å²) in [4.78, 5) is 25.0. The summed E-state index contributed by atoms with van der Waals surface area (Å²) in [7, 11) is 1.40. The Hall–Kier alpha value is -2.49. The maximum atomic E-state index is 13.4. The van der Waals surface area contributed by atoms with E-state index in [1.165, 1.54) is 23.9 Å². The summed E-state index contributed by atoms with van der Waals surface area (Å²) < 4.78 is 41.6. The number of carbonyl (C=O) groups is 2. The lowest BCUT2D eigenvalue weighted by molar-refractivity contribution is -0.138. The van der Waals surface area contributed by atoms with E-state index in [9.17, 15) is 22.8 Å². The molecule has 3 aromatic rings. The molecule has 1 saturated heterocycles. The number of nitrogens with zero attached hydrogens (tertiary/aromatic N) is 3. The lowest BCUT2D eigenvalue weighted by atomic mass is 10.1. The van der Waals surface area contributed by atoms with E-state index in [4.69, 9.17) is 23.2 Å². The molecule has 1 aliphatic heterocycles. The topological polar surface area (TPSA) is 55.2 Å². The number of hydrogen-bond acceptors (Lipinski definition) is 4. The highest BCUT2D eigenvalue weighted by Gasteiger charge is 2.34. The molecule has 31 heavy (non-hydrogen) atoms. The fourth-order valence-electron chi connectivity index (χ4n) is 3.18. The van der Waals surface area contributed by atoms with Gasteiger partial charge in [0.1, 0.15) is 0 Å². The number of carbonyl (C=O) groups excluding carboxylic acids is 2. The first kappa shape index (κ1) is 21.7. The fourth-order valence-corrected chi connectivity index (χ4v) is 4.42. The summed E-state index contributed by atoms with van der Waals surface area (Å²) >= 11 is 12.8. The maximum absolute atomic E-state index is 13.4. The van der Waals surface area contributed by atoms with Gasteiger partial charge in [-0.1, -0.05) is 35.3 Å². The molecule has 2 aromatic carbocycles. The summed E-state index contributed by atoms with van der Waals surface area (Å²) in [6.07, 6.45) is -3.01. The number of alkyl halides is 3. The summed E-state index contributed by atoms with van der Waals surface area (Å²) in [6.45, 7) is -0.163. The predicted molar refractivity (Wildman–Crippen MR) is 114 cm³/mol. The molecule has 0 bridgehead atoms. The zero-order valence-corrected chi connectivity index (χ0v) is 18.0. The second-order valence-corrected chi connectivity index (χ2v) is 8.55. The first-order valence-electron chi connectivity index (χ1n) is 8.78. The molecule has 0 unspecified atom stereocenters. The summed E-state index contributed by atoms with van der Waals surface area (Å²) in [5, 5.41) is 4.40. The smallest absolute Gasteiger partial charge is 0.272 e. The SMILES string of the molecule is CN1C(=O)S/C(=C\c2ccc3c(c2)c(Cl)nn3Cc2ccc(Cl)cc2C(F)(F)F)C1=O. The maximum Gasteiger partial charge on any atom is 0.416 e. The minimum Gasteiger partial charge on any atom is -0.272 e. The van der Waals surface area contributed by atoms with Gasteiger partial charge < -0.3 is 0 Å². The Morgan fingerprint density at radius 1 is 1.13 bits per heavy atom. The van der Waals surface area contributed by atoms with Crippen molar-refractivity contribution in [2.45, 2.75) is 12.7 Å². The van der Waals surface area contributed by atoms with Crippen LogP contribution in [0.25, 0.3) is 17.0 Å². The van der Waals surface area contributed by atoms with Crippen LogP contribution in [0.4, 0.5) is 18.0 Å². The molecule has 0 spiro atoms. The van der Waals surface area contributed by atoms with E-state index >= 15 is 0 Å². The van der Waals surface area contributed by atoms with Crippen LogP contribution < -0.4 is 0 Å². The van der Waals surface area contributed by atoms with E-state index in [0.717, 1.165) is 22.7 Å². The van der Waals surface area contributed by atoms with Gasteiger partial charge in [-0.05, 0) is 53.2 Å². The molecule has 0 atom stereocenters. The van der Waals surface area contributed by atoms with Crippen molar-refractivity contribution >= 4 is 63.1 Å². The highest BCUT2D eigenvalue weighted by Crippen LogP contribution is 2.35. The monoisotopic (exact) mass is 485 g/mol. The Bertz CT molecular complexity index is 1270. The van der Waals surface area contributed by atoms with Gasteiger partial charge in [-0.15, -0.1) is 0 Å². The quantitative estimate of drug-likeness (QED) is 0.422. The molecule has 0 aliphatic carbocycles. The van der Waals surface area contributed by atoms with Crippen molar-refractivity contribution in [3.8, 4) is 0 Å². The van der Waals surface area contributed by atoms with Crippen LogP contribution in [0.5, 0.6) is 0 Å². The molecule has 0 radical (unpaired) electrons. The van der Waals surface area contributed by atoms with Crippen molar-refractivity contribution in [3.63, 3.8) is 0 Å². The molecule has 1 fully saturated rings. The normalized spacial score (nSPS) is 16.2. The molecule has 1 aromatic heterocycles. The third-order valence-corrected chi connectivity index (χ3v) is 6.19. The van der Waals surface area contributed by atoms with E-state index in [-0.39, 0.29) is 32.4 Å². The van der Waals surface area contributed by atoms with Crippen molar-refractivity contribution in [2.75, 3.05) is 7.05 Å². The second kappa shape index (κ2) is 7.89. The van der Waals surface area contributed by atoms with Crippen molar-refractivity contribution < 1.29 is 22.8 Å². The van der Waals surface area contributed by atoms with Crippen LogP contribution in [-0.4, -0.2) is 32.9 Å². The van der Waals surface area contributed by atoms with Crippen LogP contribution in [0.2, 0.25) is 10.2 Å². The zero-order valence-electron chi connectivity index (χ0n) is 15.7. The molecule has 5 nitrogen and oxygen atoms in total. The fraction of sp³-hybridized carbons (Fsp3) is 0.150. The van der Waals surface area contributed by atoms with Gasteiger partial charge in [-0.2, -0.15) is 18.3 Å². The molecule has 0 N–H and O–H groups in total. The third kappa shape index (κ3) is 4.17. The van der Waals surface area contributed by atoms with E-state index in [1.54, 1.807) is 24.3 Å². The number of benzene rings is 2. The van der Waals surface area contributed by atoms with Gasteiger partial charge in [0.25, 0.3) is 11.1 Å². The van der Waals surface area contributed by atoms with Gasteiger partial charge >= 0.3 is 6.18 Å². The summed E-state index contributed by atoms with van der Waals surface area (Å²) in [6, 6.07) is 8.56. The standard InChI is InChI=1S/C20H12Cl2F3N3O2S/c1-27-18(29)16(31-19(27)30)7-10-2-5-15-13(6-10)17(22)26-28(15)9-11-3-4-12(21)8-14(11)20(23,24)25/h2-8H,9H2,1H3/b16-7-. The van der Waals surface area contributed by atoms with E-state index in [0.29, 0.717) is 16.5 Å². The van der Waals surface area contributed by atoms with Crippen molar-refractivity contribution in [3.05, 3.63) is 68.2 Å². The van der Waals surface area contributed by atoms with Gasteiger partial charge in [0.2, 0.25) is 0 Å². The molecule has 2 amide bonds. The number of likely N-dealkylation sites (N-methyl/N-ethyl adjacent to an activating group) is 1. The largest absolute Gasteiger partial charge is 0.416 e. The van der Waals surface area contributed by atoms with Crippen LogP contribution in [0.15, 0.2) is 41.3 Å². The number of fused-ring (bicyclic) bond motifs is 1. The summed E-state index contributed by atoms with van der Waals surface area (Å²) in [5.74, 6) is -0.403. The number of rotatable bonds is 3. The zero-order chi connectivity index (χ0) is 22.5. The minimum atomic E-state index is -4.57. The van der Waals surface area contributed by atoms with Crippen LogP contribution >= 0.6 is 35.0 Å². The molecule has 1 aliphatic rings. The Labute approximate surface area is 188 Å². The lowest BCUT2D eigenvalue weighted by Crippen LogP contribution is -2.22. The first-order valence-corrected chi connectivity index (χ1v) is 10.3. The molecule has 0 saturated carbocycles. The van der Waals surface area contributed by atoms with Crippen LogP contribution in [-0.2, 0) is 17.5 Å². The van der Waals surface area contributed by atoms with E-state index < -0.39 is 17.6 Å². The van der Waals surface area contributed by atoms with Gasteiger partial charge in [0, 0.05) is 17.5 Å². The Balaban J connectivity index is 1.71. The molecular formula is C20H12Cl2F3N3O2S. The van der Waals surface area contributed by atoms with Crippen molar-refractivity contribution in [1.82, 2.24) is 14.7 Å². The van der Waals surface area contributed by atoms with Crippen LogP contribution in [0, 0.1) is 0 Å². The highest BCUT2D eigenvalue weighted by molar-refractivity contribution is 8.18. The van der Waals surface area contributed by atoms with Crippen LogP contribution in [0.1, 0.15) is 16.7 Å². The van der Waals surface area contributed by atoms with Crippen molar-refractivity contribution in [2.24, 2.45) is 0 Å². The molecule has 11 heteroatoms. The number of amides is 2. The molecule has 2 heterocycles. The highest BCUT2D eigenvalue weighted by atomic mass is 35.5. The second-order valence-electron chi connectivity index (χ2n) is 6.77. The van der Waals surface area contributed by atoms with Gasteiger partial charge in [0.15, 0.2) is 5.15 Å². The lowest BCUT2D eigenvalue weighted by Gasteiger charge is -2.13. The summed E-state index contributed by atoms with van der Waals surface area (Å²) in [5.41, 5.74) is 0.287. The van der Waals surface area contributed by atoms with Crippen molar-refractivity contribution in [1.29, 1.82) is 0 Å². The number of aromatic nitrogens is 2. The third-order valence-electron chi connectivity index (χ3n) is 4.71. The number of imide groups is 1. The minimum absolute atomic E-state index is 0.00124. The number of thioether (sulfide) groups is 1. The predicted octanol–water partition coefficient (Wildman–Crippen LogP) is 6.08. The average molecular weight is 486 g/mol. The number of hydrogen-bond donors (Lipinski definition) is 0. The first-order chi connectivity index (χ1) is 14.5. The average Bonchev–Trinajstić information content (AvgIpc) is 3.13. The molecular weight excluding hydrogens is 474 g/mol. The Morgan fingerprint density at radius 2 is 1.87 bits per heavy atom. The van der Waals surface area contributed by atoms with Gasteiger partial charge in [-0.25, -0.2) is 0 Å². The molecule has 160 valence electrons. The molecule has 4 rings (SSSR count). The Kier molecular flexibility index (Phi) is 5.53. The Morgan fingerprint density at radius 3 is 2.52 bits per heavy atom. The number of halogens is 5. The van der Waals surface area contributed by atoms with Gasteiger partial charge in [0.05, 0.1) is 22.5 Å². The van der Waals surface area contributed by atoms with E-state index in [2.05, 4.69) is 5.10 Å². The van der Waals surface area contributed by atoms with E-state index in [1.807, 2.05) is 0 Å².